The quantitative estimate of drug-likeness (QED) is 0.764. The van der Waals surface area contributed by atoms with Crippen molar-refractivity contribution in [2.75, 3.05) is 21.3 Å². The maximum atomic E-state index is 6.07. The van der Waals surface area contributed by atoms with Gasteiger partial charge in [-0.05, 0) is 6.42 Å². The number of methoxy groups -OCH3 is 3. The number of ether oxygens (including phenoxy) is 4. The lowest BCUT2D eigenvalue weighted by molar-refractivity contribution is -0.00806. The average Bonchev–Trinajstić information content (AvgIpc) is 2.45. The monoisotopic (exact) mass is 344 g/mol. The minimum absolute atomic E-state index is 0.112. The van der Waals surface area contributed by atoms with Crippen LogP contribution in [-0.4, -0.2) is 32.3 Å². The van der Waals surface area contributed by atoms with E-state index in [2.05, 4.69) is 29.8 Å². The molecule has 0 aliphatic heterocycles. The van der Waals surface area contributed by atoms with E-state index in [1.807, 2.05) is 12.1 Å². The van der Waals surface area contributed by atoms with Crippen LogP contribution in [0.25, 0.3) is 0 Å². The van der Waals surface area contributed by atoms with Crippen molar-refractivity contribution in [3.8, 4) is 23.0 Å². The topological polar surface area (TPSA) is 36.9 Å². The Hall–Kier alpha value is -1.10. The van der Waals surface area contributed by atoms with Gasteiger partial charge in [0.05, 0.1) is 21.3 Å². The third-order valence-corrected chi connectivity index (χ3v) is 5.53. The number of rotatable bonds is 5. The lowest BCUT2D eigenvalue weighted by Crippen LogP contribution is -2.53. The second-order valence-corrected chi connectivity index (χ2v) is 6.60. The van der Waals surface area contributed by atoms with Gasteiger partial charge in [-0.15, -0.1) is 0 Å². The van der Waals surface area contributed by atoms with Gasteiger partial charge in [-0.3, -0.25) is 0 Å². The van der Waals surface area contributed by atoms with Gasteiger partial charge in [-0.2, -0.15) is 0 Å². The van der Waals surface area contributed by atoms with Crippen LogP contribution in [0.15, 0.2) is 12.1 Å². The predicted molar refractivity (Wildman–Crippen MR) is 81.6 cm³/mol. The minimum Gasteiger partial charge on any atom is -0.493 e. The van der Waals surface area contributed by atoms with Gasteiger partial charge < -0.3 is 18.9 Å². The largest absolute Gasteiger partial charge is 0.493 e. The molecule has 20 heavy (non-hydrogen) atoms. The summed E-state index contributed by atoms with van der Waals surface area (Å²) < 4.78 is 22.0. The lowest BCUT2D eigenvalue weighted by Gasteiger charge is -2.48. The van der Waals surface area contributed by atoms with Crippen LogP contribution in [0.4, 0.5) is 0 Å². The summed E-state index contributed by atoms with van der Waals surface area (Å²) >= 11 is 3.67. The molecular weight excluding hydrogens is 324 g/mol. The first-order valence-corrected chi connectivity index (χ1v) is 7.46. The van der Waals surface area contributed by atoms with Gasteiger partial charge in [0.2, 0.25) is 5.75 Å². The van der Waals surface area contributed by atoms with Gasteiger partial charge in [-0.1, -0.05) is 29.8 Å². The molecule has 112 valence electrons. The predicted octanol–water partition coefficient (Wildman–Crippen LogP) is 3.65. The van der Waals surface area contributed by atoms with Gasteiger partial charge in [-0.25, -0.2) is 0 Å². The molecule has 0 spiro atoms. The standard InChI is InChI=1S/C15H21BrO4/c1-15(2)12(16)8-13(15)20-9-6-10(17-3)14(19-5)11(7-9)18-4/h6-7,12-13H,8H2,1-5H3. The van der Waals surface area contributed by atoms with E-state index in [9.17, 15) is 0 Å². The van der Waals surface area contributed by atoms with Crippen molar-refractivity contribution in [2.24, 2.45) is 5.41 Å². The first kappa shape index (κ1) is 15.3. The fraction of sp³-hybridized carbons (Fsp3) is 0.600. The summed E-state index contributed by atoms with van der Waals surface area (Å²) in [5.74, 6) is 2.52. The van der Waals surface area contributed by atoms with Crippen LogP contribution in [-0.2, 0) is 0 Å². The maximum Gasteiger partial charge on any atom is 0.203 e. The summed E-state index contributed by atoms with van der Waals surface area (Å²) in [5.41, 5.74) is 0.112. The Bertz CT molecular complexity index is 462. The van der Waals surface area contributed by atoms with Gasteiger partial charge in [0, 0.05) is 22.4 Å². The van der Waals surface area contributed by atoms with Gasteiger partial charge >= 0.3 is 0 Å². The van der Waals surface area contributed by atoms with Crippen LogP contribution >= 0.6 is 15.9 Å². The van der Waals surface area contributed by atoms with Crippen LogP contribution in [0.3, 0.4) is 0 Å². The Morgan fingerprint density at radius 1 is 1.05 bits per heavy atom. The molecule has 0 aromatic heterocycles. The molecule has 1 aliphatic carbocycles. The van der Waals surface area contributed by atoms with Gasteiger partial charge in [0.15, 0.2) is 11.5 Å². The molecular formula is C15H21BrO4. The van der Waals surface area contributed by atoms with E-state index in [0.29, 0.717) is 22.1 Å². The summed E-state index contributed by atoms with van der Waals surface area (Å²) in [6.07, 6.45) is 1.17. The highest BCUT2D eigenvalue weighted by Crippen LogP contribution is 2.49. The first-order valence-electron chi connectivity index (χ1n) is 6.54. The zero-order chi connectivity index (χ0) is 14.9. The fourth-order valence-corrected chi connectivity index (χ4v) is 2.96. The molecule has 1 aliphatic rings. The molecule has 0 amide bonds. The van der Waals surface area contributed by atoms with E-state index in [-0.39, 0.29) is 11.5 Å². The number of hydrogen-bond donors (Lipinski definition) is 0. The Morgan fingerprint density at radius 3 is 1.95 bits per heavy atom. The Kier molecular flexibility index (Phi) is 4.37. The summed E-state index contributed by atoms with van der Waals surface area (Å²) in [4.78, 5) is 0.488. The normalized spacial score (nSPS) is 23.7. The van der Waals surface area contributed by atoms with Crippen molar-refractivity contribution in [2.45, 2.75) is 31.2 Å². The Balaban J connectivity index is 2.25. The molecule has 1 aromatic rings. The molecule has 2 rings (SSSR count). The third kappa shape index (κ3) is 2.55. The van der Waals surface area contributed by atoms with E-state index in [4.69, 9.17) is 18.9 Å². The zero-order valence-electron chi connectivity index (χ0n) is 12.5. The number of halogens is 1. The molecule has 1 aromatic carbocycles. The van der Waals surface area contributed by atoms with Crippen LogP contribution in [0.1, 0.15) is 20.3 Å². The van der Waals surface area contributed by atoms with Crippen molar-refractivity contribution < 1.29 is 18.9 Å². The Labute approximate surface area is 128 Å². The highest BCUT2D eigenvalue weighted by Gasteiger charge is 2.48. The Morgan fingerprint density at radius 2 is 1.60 bits per heavy atom. The molecule has 1 saturated carbocycles. The third-order valence-electron chi connectivity index (χ3n) is 3.97. The minimum atomic E-state index is 0.112. The van der Waals surface area contributed by atoms with E-state index >= 15 is 0 Å². The van der Waals surface area contributed by atoms with Crippen molar-refractivity contribution >= 4 is 15.9 Å². The highest BCUT2D eigenvalue weighted by atomic mass is 79.9. The van der Waals surface area contributed by atoms with Gasteiger partial charge in [0.25, 0.3) is 0 Å². The molecule has 2 atom stereocenters. The second-order valence-electron chi connectivity index (χ2n) is 5.49. The summed E-state index contributed by atoms with van der Waals surface area (Å²) in [7, 11) is 4.79. The molecule has 0 saturated heterocycles. The molecule has 4 nitrogen and oxygen atoms in total. The van der Waals surface area contributed by atoms with Crippen molar-refractivity contribution in [1.82, 2.24) is 0 Å². The summed E-state index contributed by atoms with van der Waals surface area (Å²) in [6, 6.07) is 3.66. The van der Waals surface area contributed by atoms with Crippen molar-refractivity contribution in [3.05, 3.63) is 12.1 Å². The molecule has 0 heterocycles. The van der Waals surface area contributed by atoms with Crippen LogP contribution < -0.4 is 18.9 Å². The van der Waals surface area contributed by atoms with Crippen LogP contribution in [0.5, 0.6) is 23.0 Å². The zero-order valence-corrected chi connectivity index (χ0v) is 14.1. The van der Waals surface area contributed by atoms with Crippen LogP contribution in [0, 0.1) is 5.41 Å². The molecule has 0 N–H and O–H groups in total. The smallest absolute Gasteiger partial charge is 0.203 e. The maximum absolute atomic E-state index is 6.07. The van der Waals surface area contributed by atoms with Crippen molar-refractivity contribution in [3.63, 3.8) is 0 Å². The van der Waals surface area contributed by atoms with E-state index < -0.39 is 0 Å². The fourth-order valence-electron chi connectivity index (χ4n) is 2.33. The number of alkyl halides is 1. The summed E-state index contributed by atoms with van der Waals surface area (Å²) in [5, 5.41) is 0. The number of benzene rings is 1. The molecule has 1 fully saturated rings. The van der Waals surface area contributed by atoms with E-state index in [1.165, 1.54) is 0 Å². The molecule has 5 heteroatoms. The van der Waals surface area contributed by atoms with Crippen molar-refractivity contribution in [1.29, 1.82) is 0 Å². The molecule has 2 unspecified atom stereocenters. The molecule has 0 radical (unpaired) electrons. The van der Waals surface area contributed by atoms with E-state index in [0.717, 1.165) is 12.2 Å². The van der Waals surface area contributed by atoms with Gasteiger partial charge in [0.1, 0.15) is 11.9 Å². The van der Waals surface area contributed by atoms with Crippen LogP contribution in [0.2, 0.25) is 0 Å². The SMILES string of the molecule is COc1cc(OC2CC(Br)C2(C)C)cc(OC)c1OC. The average molecular weight is 345 g/mol. The molecule has 0 bridgehead atoms. The first-order chi connectivity index (χ1) is 9.43. The highest BCUT2D eigenvalue weighted by molar-refractivity contribution is 9.09. The summed E-state index contributed by atoms with van der Waals surface area (Å²) in [6.45, 7) is 4.39. The van der Waals surface area contributed by atoms with E-state index in [1.54, 1.807) is 21.3 Å². The number of hydrogen-bond acceptors (Lipinski definition) is 4. The second kappa shape index (κ2) is 5.72. The lowest BCUT2D eigenvalue weighted by atomic mass is 9.69.